The predicted molar refractivity (Wildman–Crippen MR) is 112 cm³/mol. The van der Waals surface area contributed by atoms with Crippen molar-refractivity contribution >= 4 is 17.5 Å². The Hall–Kier alpha value is -4.34. The number of aryl methyl sites for hydroxylation is 1. The van der Waals surface area contributed by atoms with Crippen molar-refractivity contribution in [3.05, 3.63) is 72.1 Å². The standard InChI is InChI=1S/C21H20N6O4/c1-27-12-18(19(26-27)21(29)22-11-15-7-4-8-31-15)23-20(28)17-10-16(24-25-17)13-5-3-6-14(9-13)30-2/h3-10,12H,11H2,1-2H3,(H,22,29)(H,23,28)(H,24,25). The number of hydrogen-bond donors (Lipinski definition) is 3. The number of benzene rings is 1. The van der Waals surface area contributed by atoms with E-state index in [0.717, 1.165) is 5.56 Å². The summed E-state index contributed by atoms with van der Waals surface area (Å²) in [5.74, 6) is 0.410. The van der Waals surface area contributed by atoms with E-state index >= 15 is 0 Å². The number of carbonyl (C=O) groups excluding carboxylic acids is 2. The lowest BCUT2D eigenvalue weighted by molar-refractivity contribution is 0.0943. The minimum absolute atomic E-state index is 0.0925. The van der Waals surface area contributed by atoms with Gasteiger partial charge in [0.15, 0.2) is 5.69 Å². The zero-order valence-electron chi connectivity index (χ0n) is 16.9. The molecule has 158 valence electrons. The number of rotatable bonds is 7. The Labute approximate surface area is 177 Å². The Morgan fingerprint density at radius 3 is 2.84 bits per heavy atom. The van der Waals surface area contributed by atoms with Crippen LogP contribution < -0.4 is 15.4 Å². The third kappa shape index (κ3) is 4.47. The SMILES string of the molecule is COc1cccc(-c2cc(C(=O)Nc3cn(C)nc3C(=O)NCc3ccco3)[nH]n2)c1. The third-order valence-electron chi connectivity index (χ3n) is 4.48. The number of ether oxygens (including phenoxy) is 1. The van der Waals surface area contributed by atoms with E-state index in [9.17, 15) is 9.59 Å². The highest BCUT2D eigenvalue weighted by atomic mass is 16.5. The molecule has 3 aromatic heterocycles. The molecule has 0 saturated carbocycles. The molecule has 0 aliphatic carbocycles. The maximum Gasteiger partial charge on any atom is 0.274 e. The van der Waals surface area contributed by atoms with Crippen LogP contribution in [0.3, 0.4) is 0 Å². The molecule has 0 aliphatic rings. The van der Waals surface area contributed by atoms with Gasteiger partial charge in [-0.25, -0.2) is 0 Å². The van der Waals surface area contributed by atoms with E-state index in [0.29, 0.717) is 17.2 Å². The molecule has 0 atom stereocenters. The molecule has 10 nitrogen and oxygen atoms in total. The Morgan fingerprint density at radius 1 is 1.19 bits per heavy atom. The Bertz CT molecular complexity index is 1210. The number of aromatic nitrogens is 4. The van der Waals surface area contributed by atoms with Crippen molar-refractivity contribution in [1.29, 1.82) is 0 Å². The van der Waals surface area contributed by atoms with Crippen molar-refractivity contribution in [2.24, 2.45) is 7.05 Å². The molecule has 0 radical (unpaired) electrons. The highest BCUT2D eigenvalue weighted by molar-refractivity contribution is 6.07. The summed E-state index contributed by atoms with van der Waals surface area (Å²) in [7, 11) is 3.24. The molecule has 4 aromatic rings. The van der Waals surface area contributed by atoms with Gasteiger partial charge in [0.25, 0.3) is 11.8 Å². The molecule has 0 fully saturated rings. The van der Waals surface area contributed by atoms with E-state index in [4.69, 9.17) is 9.15 Å². The first-order chi connectivity index (χ1) is 15.0. The van der Waals surface area contributed by atoms with Gasteiger partial charge >= 0.3 is 0 Å². The van der Waals surface area contributed by atoms with E-state index < -0.39 is 11.8 Å². The summed E-state index contributed by atoms with van der Waals surface area (Å²) in [6.45, 7) is 0.209. The van der Waals surface area contributed by atoms with Crippen LogP contribution >= 0.6 is 0 Å². The summed E-state index contributed by atoms with van der Waals surface area (Å²) in [4.78, 5) is 25.2. The molecule has 3 N–H and O–H groups in total. The predicted octanol–water partition coefficient (Wildman–Crippen LogP) is 2.59. The van der Waals surface area contributed by atoms with Crippen LogP contribution in [0.2, 0.25) is 0 Å². The second kappa shape index (κ2) is 8.57. The van der Waals surface area contributed by atoms with Crippen molar-refractivity contribution in [3.8, 4) is 17.0 Å². The van der Waals surface area contributed by atoms with E-state index in [-0.39, 0.29) is 23.6 Å². The van der Waals surface area contributed by atoms with Gasteiger partial charge in [0.05, 0.1) is 31.3 Å². The van der Waals surface area contributed by atoms with E-state index in [1.54, 1.807) is 38.6 Å². The molecule has 1 aromatic carbocycles. The summed E-state index contributed by atoms with van der Waals surface area (Å²) >= 11 is 0. The monoisotopic (exact) mass is 420 g/mol. The molecule has 0 spiro atoms. The fourth-order valence-corrected chi connectivity index (χ4v) is 2.97. The highest BCUT2D eigenvalue weighted by Gasteiger charge is 2.20. The molecule has 3 heterocycles. The lowest BCUT2D eigenvalue weighted by Crippen LogP contribution is -2.25. The van der Waals surface area contributed by atoms with Gasteiger partial charge in [0.2, 0.25) is 0 Å². The fraction of sp³-hybridized carbons (Fsp3) is 0.143. The first kappa shape index (κ1) is 20.0. The molecule has 4 rings (SSSR count). The third-order valence-corrected chi connectivity index (χ3v) is 4.48. The quantitative estimate of drug-likeness (QED) is 0.422. The molecule has 0 bridgehead atoms. The van der Waals surface area contributed by atoms with Gasteiger partial charge < -0.3 is 19.8 Å². The van der Waals surface area contributed by atoms with E-state index in [1.807, 2.05) is 24.3 Å². The average Bonchev–Trinajstić information content (AvgIpc) is 3.53. The zero-order valence-corrected chi connectivity index (χ0v) is 16.9. The summed E-state index contributed by atoms with van der Waals surface area (Å²) in [6.07, 6.45) is 3.08. The van der Waals surface area contributed by atoms with Crippen molar-refractivity contribution < 1.29 is 18.7 Å². The van der Waals surface area contributed by atoms with Crippen molar-refractivity contribution in [1.82, 2.24) is 25.3 Å². The number of amides is 2. The maximum atomic E-state index is 12.7. The number of furan rings is 1. The van der Waals surface area contributed by atoms with Crippen LogP contribution in [0.25, 0.3) is 11.3 Å². The molecular formula is C21H20N6O4. The zero-order chi connectivity index (χ0) is 21.8. The van der Waals surface area contributed by atoms with Crippen LogP contribution in [0.15, 0.2) is 59.3 Å². The second-order valence-electron chi connectivity index (χ2n) is 6.68. The Morgan fingerprint density at radius 2 is 2.06 bits per heavy atom. The fourth-order valence-electron chi connectivity index (χ4n) is 2.97. The lowest BCUT2D eigenvalue weighted by Gasteiger charge is -2.04. The van der Waals surface area contributed by atoms with E-state index in [1.165, 1.54) is 10.9 Å². The first-order valence-corrected chi connectivity index (χ1v) is 9.39. The molecule has 2 amide bonds. The molecule has 0 saturated heterocycles. The number of anilines is 1. The normalized spacial score (nSPS) is 10.6. The van der Waals surface area contributed by atoms with Crippen molar-refractivity contribution in [3.63, 3.8) is 0 Å². The number of hydrogen-bond acceptors (Lipinski definition) is 6. The van der Waals surface area contributed by atoms with E-state index in [2.05, 4.69) is 25.9 Å². The lowest BCUT2D eigenvalue weighted by atomic mass is 10.1. The summed E-state index contributed by atoms with van der Waals surface area (Å²) in [5.41, 5.74) is 2.00. The van der Waals surface area contributed by atoms with Crippen LogP contribution in [-0.2, 0) is 13.6 Å². The molecular weight excluding hydrogens is 400 g/mol. The van der Waals surface area contributed by atoms with Gasteiger partial charge in [0.1, 0.15) is 17.2 Å². The molecule has 0 aliphatic heterocycles. The average molecular weight is 420 g/mol. The number of nitrogens with one attached hydrogen (secondary N) is 3. The van der Waals surface area contributed by atoms with Gasteiger partial charge in [-0.3, -0.25) is 19.4 Å². The van der Waals surface area contributed by atoms with Crippen LogP contribution in [-0.4, -0.2) is 38.9 Å². The number of carbonyl (C=O) groups is 2. The van der Waals surface area contributed by atoms with Crippen LogP contribution in [0.1, 0.15) is 26.7 Å². The van der Waals surface area contributed by atoms with Crippen molar-refractivity contribution in [2.45, 2.75) is 6.54 Å². The largest absolute Gasteiger partial charge is 0.497 e. The first-order valence-electron chi connectivity index (χ1n) is 9.39. The Kier molecular flexibility index (Phi) is 5.52. The maximum absolute atomic E-state index is 12.7. The number of nitrogens with zero attached hydrogens (tertiary/aromatic N) is 3. The highest BCUT2D eigenvalue weighted by Crippen LogP contribution is 2.23. The smallest absolute Gasteiger partial charge is 0.274 e. The topological polar surface area (TPSA) is 127 Å². The van der Waals surface area contributed by atoms with Gasteiger partial charge in [0, 0.05) is 18.8 Å². The molecule has 31 heavy (non-hydrogen) atoms. The summed E-state index contributed by atoms with van der Waals surface area (Å²) in [6, 6.07) is 12.5. The van der Waals surface area contributed by atoms with Gasteiger partial charge in [-0.15, -0.1) is 0 Å². The van der Waals surface area contributed by atoms with Crippen LogP contribution in [0, 0.1) is 0 Å². The second-order valence-corrected chi connectivity index (χ2v) is 6.68. The minimum Gasteiger partial charge on any atom is -0.497 e. The molecule has 0 unspecified atom stereocenters. The van der Waals surface area contributed by atoms with Crippen molar-refractivity contribution in [2.75, 3.05) is 12.4 Å². The van der Waals surface area contributed by atoms with Gasteiger partial charge in [-0.2, -0.15) is 10.2 Å². The summed E-state index contributed by atoms with van der Waals surface area (Å²) < 4.78 is 11.9. The molecule has 10 heteroatoms. The number of aromatic amines is 1. The van der Waals surface area contributed by atoms with Gasteiger partial charge in [-0.1, -0.05) is 12.1 Å². The Balaban J connectivity index is 1.47. The van der Waals surface area contributed by atoms with Crippen LogP contribution in [0.4, 0.5) is 5.69 Å². The van der Waals surface area contributed by atoms with Gasteiger partial charge in [-0.05, 0) is 30.3 Å². The van der Waals surface area contributed by atoms with Crippen LogP contribution in [0.5, 0.6) is 5.75 Å². The number of H-pyrrole nitrogens is 1. The summed E-state index contributed by atoms with van der Waals surface area (Å²) in [5, 5.41) is 16.5. The minimum atomic E-state index is -0.449. The number of methoxy groups -OCH3 is 1.